The number of fused-ring (bicyclic) bond motifs is 2. The first-order chi connectivity index (χ1) is 14.6. The van der Waals surface area contributed by atoms with Crippen molar-refractivity contribution in [1.82, 2.24) is 9.55 Å². The number of halogens is 3. The van der Waals surface area contributed by atoms with Crippen molar-refractivity contribution in [2.24, 2.45) is 5.92 Å². The average Bonchev–Trinajstić information content (AvgIpc) is 2.68. The van der Waals surface area contributed by atoms with Crippen molar-refractivity contribution in [1.29, 1.82) is 0 Å². The zero-order valence-electron chi connectivity index (χ0n) is 18.9. The van der Waals surface area contributed by atoms with E-state index in [4.69, 9.17) is 11.6 Å². The van der Waals surface area contributed by atoms with E-state index in [1.165, 1.54) is 0 Å². The van der Waals surface area contributed by atoms with Gasteiger partial charge in [-0.2, -0.15) is 0 Å². The molecule has 0 unspecified atom stereocenters. The van der Waals surface area contributed by atoms with E-state index in [9.17, 15) is 18.4 Å². The summed E-state index contributed by atoms with van der Waals surface area (Å²) in [5, 5.41) is 1.23. The Morgan fingerprint density at radius 3 is 2.39 bits per heavy atom. The van der Waals surface area contributed by atoms with Crippen molar-refractivity contribution >= 4 is 51.3 Å². The molecule has 11 heteroatoms. The summed E-state index contributed by atoms with van der Waals surface area (Å²) in [7, 11) is 5.38. The molecule has 0 radical (unpaired) electrons. The number of pyridine rings is 2. The smallest absolute Gasteiger partial charge is 0.870 e. The molecule has 1 saturated carbocycles. The summed E-state index contributed by atoms with van der Waals surface area (Å²) >= 11 is 6.41. The van der Waals surface area contributed by atoms with Gasteiger partial charge in [-0.1, -0.05) is 18.1 Å². The Balaban J connectivity index is 0.00000193. The minimum atomic E-state index is -2.58. The summed E-state index contributed by atoms with van der Waals surface area (Å²) in [5.41, 5.74) is 1.22. The van der Waals surface area contributed by atoms with Gasteiger partial charge in [0.1, 0.15) is 11.5 Å². The first-order valence-electron chi connectivity index (χ1n) is 9.90. The van der Waals surface area contributed by atoms with Crippen LogP contribution in [0.2, 0.25) is 5.02 Å². The minimum Gasteiger partial charge on any atom is -0.870 e. The molecule has 4 rings (SSSR count). The molecule has 0 aliphatic heterocycles. The molecule has 0 bridgehead atoms. The molecule has 33 heavy (non-hydrogen) atoms. The van der Waals surface area contributed by atoms with Crippen LogP contribution in [0.15, 0.2) is 29.1 Å². The standard InChI is InChI=1S/C22H22ClF2N4O2.Na.H2O/c1-27(2)19-16(23)6-4-14-18(19)29(8-9-30)21-15(20(14)31)5-7-17(26-21)28(3)12-13-10-22(24,25)11-13;;/h4-7,13H,8,10-12H2,1-3H3;;1H2/q-1;+1;/p-1. The third kappa shape index (κ3) is 5.02. The molecule has 0 amide bonds. The average molecular weight is 488 g/mol. The number of anilines is 2. The second kappa shape index (κ2) is 10.2. The monoisotopic (exact) mass is 487 g/mol. The van der Waals surface area contributed by atoms with Gasteiger partial charge in [0, 0.05) is 45.9 Å². The van der Waals surface area contributed by atoms with Crippen LogP contribution >= 0.6 is 11.6 Å². The normalized spacial score (nSPS) is 14.8. The van der Waals surface area contributed by atoms with Crippen LogP contribution in [0.3, 0.4) is 0 Å². The molecule has 0 atom stereocenters. The van der Waals surface area contributed by atoms with E-state index < -0.39 is 5.92 Å². The molecule has 1 aliphatic carbocycles. The number of hydrogen-bond donors (Lipinski definition) is 0. The number of hydrogen-bond acceptors (Lipinski definition) is 6. The Labute approximate surface area is 216 Å². The van der Waals surface area contributed by atoms with Crippen molar-refractivity contribution in [3.05, 3.63) is 39.5 Å². The van der Waals surface area contributed by atoms with Crippen LogP contribution in [0.25, 0.3) is 21.9 Å². The summed E-state index contributed by atoms with van der Waals surface area (Å²) in [6.45, 7) is 0.296. The van der Waals surface area contributed by atoms with E-state index in [-0.39, 0.29) is 65.8 Å². The van der Waals surface area contributed by atoms with E-state index in [2.05, 4.69) is 4.98 Å². The minimum absolute atomic E-state index is 0. The molecule has 2 heterocycles. The molecule has 1 fully saturated rings. The fraction of sp³-hybridized carbons (Fsp3) is 0.409. The van der Waals surface area contributed by atoms with Crippen molar-refractivity contribution in [3.63, 3.8) is 0 Å². The molecule has 172 valence electrons. The van der Waals surface area contributed by atoms with Gasteiger partial charge in [-0.3, -0.25) is 4.79 Å². The van der Waals surface area contributed by atoms with Gasteiger partial charge in [0.2, 0.25) is 5.92 Å². The Hall–Kier alpha value is -1.78. The first kappa shape index (κ1) is 27.5. The van der Waals surface area contributed by atoms with E-state index in [1.54, 1.807) is 59.8 Å². The van der Waals surface area contributed by atoms with Crippen LogP contribution in [0.1, 0.15) is 12.8 Å². The number of benzene rings is 1. The predicted octanol–water partition coefficient (Wildman–Crippen LogP) is 0.688. The number of carbonyl (C=O) groups excluding carboxylic acids is 1. The Kier molecular flexibility index (Phi) is 8.51. The van der Waals surface area contributed by atoms with Crippen LogP contribution in [0, 0.1) is 5.92 Å². The van der Waals surface area contributed by atoms with Gasteiger partial charge >= 0.3 is 29.6 Å². The number of alkyl halides is 2. The second-order valence-electron chi connectivity index (χ2n) is 8.30. The Morgan fingerprint density at radius 1 is 1.18 bits per heavy atom. The third-order valence-corrected chi connectivity index (χ3v) is 6.05. The Bertz CT molecular complexity index is 1240. The summed E-state index contributed by atoms with van der Waals surface area (Å²) < 4.78 is 28.0. The van der Waals surface area contributed by atoms with E-state index in [0.717, 1.165) is 0 Å². The molecule has 2 aromatic heterocycles. The second-order valence-corrected chi connectivity index (χ2v) is 8.70. The van der Waals surface area contributed by atoms with Crippen molar-refractivity contribution in [3.8, 4) is 0 Å². The van der Waals surface area contributed by atoms with Gasteiger partial charge in [0.25, 0.3) is 0 Å². The molecule has 7 nitrogen and oxygen atoms in total. The summed E-state index contributed by atoms with van der Waals surface area (Å²) in [6.07, 6.45) is 1.63. The van der Waals surface area contributed by atoms with Gasteiger partial charge in [-0.05, 0) is 30.2 Å². The maximum Gasteiger partial charge on any atom is 1.00 e. The molecule has 3 aromatic rings. The molecular formula is C22H23ClF2N4NaO3-. The van der Waals surface area contributed by atoms with Crippen molar-refractivity contribution in [2.45, 2.75) is 25.3 Å². The van der Waals surface area contributed by atoms with Crippen LogP contribution in [-0.2, 0) is 11.3 Å². The quantitative estimate of drug-likeness (QED) is 0.289. The van der Waals surface area contributed by atoms with Crippen LogP contribution in [0.4, 0.5) is 20.3 Å². The zero-order chi connectivity index (χ0) is 22.5. The molecule has 0 saturated heterocycles. The SMILES string of the molecule is CN(C)c1c(Cl)ccc2c(=O)c3ccc(N(C)CC4CC(F)(F)C4)nc3n(C[C-]=O)c12.[Na+].[OH-]. The molecular weight excluding hydrogens is 465 g/mol. The summed E-state index contributed by atoms with van der Waals surface area (Å²) in [6, 6.07) is 6.66. The zero-order valence-corrected chi connectivity index (χ0v) is 21.7. The molecule has 1 N–H and O–H groups in total. The topological polar surface area (TPSA) is 88.4 Å². The third-order valence-electron chi connectivity index (χ3n) is 5.74. The van der Waals surface area contributed by atoms with Crippen LogP contribution < -0.4 is 44.8 Å². The maximum atomic E-state index is 13.2. The number of nitrogens with zero attached hydrogens (tertiary/aromatic N) is 4. The number of aromatic nitrogens is 2. The molecule has 0 spiro atoms. The number of rotatable bonds is 6. The van der Waals surface area contributed by atoms with Gasteiger partial charge in [-0.25, -0.2) is 20.1 Å². The van der Waals surface area contributed by atoms with Crippen molar-refractivity contribution < 1.29 is 48.6 Å². The van der Waals surface area contributed by atoms with E-state index in [1.807, 2.05) is 6.29 Å². The van der Waals surface area contributed by atoms with Crippen LogP contribution in [-0.4, -0.2) is 54.9 Å². The molecule has 1 aromatic carbocycles. The fourth-order valence-electron chi connectivity index (χ4n) is 4.34. The first-order valence-corrected chi connectivity index (χ1v) is 10.3. The molecule has 1 aliphatic rings. The Morgan fingerprint density at radius 2 is 1.82 bits per heavy atom. The van der Waals surface area contributed by atoms with E-state index in [0.29, 0.717) is 45.0 Å². The summed E-state index contributed by atoms with van der Waals surface area (Å²) in [4.78, 5) is 32.8. The van der Waals surface area contributed by atoms with Crippen LogP contribution in [0.5, 0.6) is 0 Å². The van der Waals surface area contributed by atoms with Gasteiger partial charge in [-0.15, -0.1) is 0 Å². The van der Waals surface area contributed by atoms with Gasteiger partial charge in [0.05, 0.1) is 21.6 Å². The predicted molar refractivity (Wildman–Crippen MR) is 121 cm³/mol. The van der Waals surface area contributed by atoms with Gasteiger partial charge < -0.3 is 24.6 Å². The largest absolute Gasteiger partial charge is 1.00 e. The van der Waals surface area contributed by atoms with Gasteiger partial charge in [0.15, 0.2) is 5.43 Å². The van der Waals surface area contributed by atoms with E-state index >= 15 is 0 Å². The maximum absolute atomic E-state index is 13.2. The fourth-order valence-corrected chi connectivity index (χ4v) is 4.66. The van der Waals surface area contributed by atoms with Crippen molar-refractivity contribution in [2.75, 3.05) is 37.5 Å². The summed E-state index contributed by atoms with van der Waals surface area (Å²) in [5.74, 6) is -2.16.